The number of sulfone groups is 1. The van der Waals surface area contributed by atoms with Crippen molar-refractivity contribution < 1.29 is 17.9 Å². The molecule has 7 heteroatoms. The Morgan fingerprint density at radius 3 is 2.31 bits per heavy atom. The van der Waals surface area contributed by atoms with Gasteiger partial charge in [0.05, 0.1) is 28.0 Å². The van der Waals surface area contributed by atoms with Crippen LogP contribution in [0.5, 0.6) is 5.75 Å². The number of aryl methyl sites for hydroxylation is 1. The average Bonchev–Trinajstić information content (AvgIpc) is 3.21. The predicted octanol–water partition coefficient (Wildman–Crippen LogP) is 4.66. The fourth-order valence-electron chi connectivity index (χ4n) is 4.90. The molecule has 1 aromatic heterocycles. The van der Waals surface area contributed by atoms with Crippen LogP contribution in [0.4, 0.5) is 0 Å². The van der Waals surface area contributed by atoms with Gasteiger partial charge < -0.3 is 9.52 Å². The molecule has 0 unspecified atom stereocenters. The highest BCUT2D eigenvalue weighted by atomic mass is 32.2. The van der Waals surface area contributed by atoms with Crippen LogP contribution < -0.4 is 5.43 Å². The molecule has 180 valence electrons. The van der Waals surface area contributed by atoms with Gasteiger partial charge in [-0.1, -0.05) is 60.7 Å². The summed E-state index contributed by atoms with van der Waals surface area (Å²) in [4.78, 5) is 15.6. The van der Waals surface area contributed by atoms with E-state index in [1.165, 1.54) is 6.07 Å². The summed E-state index contributed by atoms with van der Waals surface area (Å²) in [5.41, 5.74) is 2.98. The number of hydrogen-bond donors (Lipinski definition) is 1. The van der Waals surface area contributed by atoms with Gasteiger partial charge in [-0.3, -0.25) is 9.69 Å². The maximum absolute atomic E-state index is 13.5. The first kappa shape index (κ1) is 23.3. The van der Waals surface area contributed by atoms with Crippen LogP contribution in [0.3, 0.4) is 0 Å². The van der Waals surface area contributed by atoms with Crippen molar-refractivity contribution in [2.45, 2.75) is 32.5 Å². The molecule has 6 nitrogen and oxygen atoms in total. The summed E-state index contributed by atoms with van der Waals surface area (Å²) < 4.78 is 30.7. The maximum atomic E-state index is 13.5. The Bertz CT molecular complexity index is 1530. The second-order valence-corrected chi connectivity index (χ2v) is 11.3. The lowest BCUT2D eigenvalue weighted by molar-refractivity contribution is 0.192. The summed E-state index contributed by atoms with van der Waals surface area (Å²) >= 11 is 0. The molecule has 1 saturated heterocycles. The van der Waals surface area contributed by atoms with Crippen molar-refractivity contribution in [2.24, 2.45) is 0 Å². The second-order valence-electron chi connectivity index (χ2n) is 9.12. The van der Waals surface area contributed by atoms with E-state index in [9.17, 15) is 18.3 Å². The smallest absolute Gasteiger partial charge is 0.200 e. The van der Waals surface area contributed by atoms with E-state index in [1.807, 2.05) is 60.7 Å². The quantitative estimate of drug-likeness (QED) is 0.424. The third-order valence-electron chi connectivity index (χ3n) is 6.69. The number of hydrogen-bond acceptors (Lipinski definition) is 6. The van der Waals surface area contributed by atoms with E-state index in [1.54, 1.807) is 13.0 Å². The van der Waals surface area contributed by atoms with Crippen molar-refractivity contribution in [3.63, 3.8) is 0 Å². The van der Waals surface area contributed by atoms with E-state index in [0.717, 1.165) is 11.1 Å². The van der Waals surface area contributed by atoms with Gasteiger partial charge in [-0.2, -0.15) is 0 Å². The molecule has 1 aliphatic rings. The number of nitrogens with zero attached hydrogens (tertiary/aromatic N) is 1. The zero-order chi connectivity index (χ0) is 24.6. The summed E-state index contributed by atoms with van der Waals surface area (Å²) in [6, 6.07) is 22.1. The Labute approximate surface area is 204 Å². The lowest BCUT2D eigenvalue weighted by Gasteiger charge is -2.28. The van der Waals surface area contributed by atoms with E-state index in [4.69, 9.17) is 4.42 Å². The molecular formula is C28H27NO5S. The minimum atomic E-state index is -3.10. The van der Waals surface area contributed by atoms with Gasteiger partial charge >= 0.3 is 0 Å². The summed E-state index contributed by atoms with van der Waals surface area (Å²) in [6.07, 6.45) is 0.530. The van der Waals surface area contributed by atoms with Crippen LogP contribution in [-0.2, 0) is 22.9 Å². The molecule has 0 saturated carbocycles. The van der Waals surface area contributed by atoms with Crippen LogP contribution in [-0.4, -0.2) is 36.0 Å². The Kier molecular flexibility index (Phi) is 6.21. The number of benzene rings is 3. The fraction of sp³-hybridized carbons (Fsp3) is 0.250. The van der Waals surface area contributed by atoms with Crippen LogP contribution in [0.1, 0.15) is 23.3 Å². The number of aromatic hydroxyl groups is 1. The molecule has 5 rings (SSSR count). The topological polar surface area (TPSA) is 87.8 Å². The molecule has 0 bridgehead atoms. The van der Waals surface area contributed by atoms with Crippen molar-refractivity contribution in [1.29, 1.82) is 0 Å². The van der Waals surface area contributed by atoms with Gasteiger partial charge in [0.15, 0.2) is 9.84 Å². The van der Waals surface area contributed by atoms with Gasteiger partial charge in [0.1, 0.15) is 17.1 Å². The van der Waals surface area contributed by atoms with Crippen molar-refractivity contribution in [3.05, 3.63) is 99.9 Å². The predicted molar refractivity (Wildman–Crippen MR) is 137 cm³/mol. The van der Waals surface area contributed by atoms with Crippen molar-refractivity contribution in [2.75, 3.05) is 11.5 Å². The highest BCUT2D eigenvalue weighted by Gasteiger charge is 2.33. The first-order chi connectivity index (χ1) is 16.8. The van der Waals surface area contributed by atoms with E-state index < -0.39 is 9.84 Å². The molecule has 0 amide bonds. The number of phenols is 1. The summed E-state index contributed by atoms with van der Waals surface area (Å²) in [6.45, 7) is 2.52. The summed E-state index contributed by atoms with van der Waals surface area (Å²) in [5.74, 6) is 0.719. The third kappa shape index (κ3) is 4.74. The summed E-state index contributed by atoms with van der Waals surface area (Å²) in [7, 11) is -3.10. The fourth-order valence-corrected chi connectivity index (χ4v) is 6.66. The Balaban J connectivity index is 1.60. The van der Waals surface area contributed by atoms with Crippen LogP contribution in [0.25, 0.3) is 22.1 Å². The molecule has 1 fully saturated rings. The lowest BCUT2D eigenvalue weighted by atomic mass is 10.0. The van der Waals surface area contributed by atoms with Gasteiger partial charge in [0, 0.05) is 19.1 Å². The molecule has 1 aliphatic heterocycles. The van der Waals surface area contributed by atoms with Crippen LogP contribution in [0, 0.1) is 6.92 Å². The molecule has 3 aromatic carbocycles. The molecule has 1 atom stereocenters. The molecular weight excluding hydrogens is 462 g/mol. The number of rotatable bonds is 6. The normalized spacial score (nSPS) is 17.3. The van der Waals surface area contributed by atoms with Gasteiger partial charge in [-0.05, 0) is 36.6 Å². The van der Waals surface area contributed by atoms with Crippen LogP contribution in [0.15, 0.2) is 82.0 Å². The highest BCUT2D eigenvalue weighted by molar-refractivity contribution is 7.91. The molecule has 2 heterocycles. The van der Waals surface area contributed by atoms with Gasteiger partial charge in [-0.15, -0.1) is 0 Å². The minimum absolute atomic E-state index is 0.0198. The minimum Gasteiger partial charge on any atom is -0.507 e. The van der Waals surface area contributed by atoms with E-state index in [-0.39, 0.29) is 35.3 Å². The van der Waals surface area contributed by atoms with Crippen molar-refractivity contribution >= 4 is 20.8 Å². The molecule has 4 aromatic rings. The van der Waals surface area contributed by atoms with E-state index in [0.29, 0.717) is 40.8 Å². The molecule has 0 radical (unpaired) electrons. The van der Waals surface area contributed by atoms with Gasteiger partial charge in [0.2, 0.25) is 5.43 Å². The Morgan fingerprint density at radius 2 is 1.66 bits per heavy atom. The largest absolute Gasteiger partial charge is 0.507 e. The molecule has 0 aliphatic carbocycles. The van der Waals surface area contributed by atoms with Crippen LogP contribution in [0.2, 0.25) is 0 Å². The van der Waals surface area contributed by atoms with Gasteiger partial charge in [0.25, 0.3) is 0 Å². The zero-order valence-corrected chi connectivity index (χ0v) is 20.3. The first-order valence-corrected chi connectivity index (χ1v) is 13.5. The Hall–Kier alpha value is -3.42. The standard InChI is InChI=1S/C28H27NO5S/c1-19-26(21-10-6-3-7-11-21)27(31)23-12-13-25(30)24(28(23)34-19)17-29(16-20-8-4-2-5-9-20)22-14-15-35(32,33)18-22/h2-13,22,30H,14-18H2,1H3/t22-/m0/s1. The van der Waals surface area contributed by atoms with Crippen molar-refractivity contribution in [3.8, 4) is 16.9 Å². The molecule has 0 spiro atoms. The monoisotopic (exact) mass is 489 g/mol. The first-order valence-electron chi connectivity index (χ1n) is 11.6. The average molecular weight is 490 g/mol. The highest BCUT2D eigenvalue weighted by Crippen LogP contribution is 2.33. The third-order valence-corrected chi connectivity index (χ3v) is 8.44. The van der Waals surface area contributed by atoms with E-state index in [2.05, 4.69) is 4.90 Å². The zero-order valence-electron chi connectivity index (χ0n) is 19.5. The van der Waals surface area contributed by atoms with Crippen molar-refractivity contribution in [1.82, 2.24) is 4.90 Å². The van der Waals surface area contributed by atoms with Crippen LogP contribution >= 0.6 is 0 Å². The lowest BCUT2D eigenvalue weighted by Crippen LogP contribution is -2.35. The van der Waals surface area contributed by atoms with Gasteiger partial charge in [-0.25, -0.2) is 8.42 Å². The Morgan fingerprint density at radius 1 is 0.971 bits per heavy atom. The molecule has 1 N–H and O–H groups in total. The number of fused-ring (bicyclic) bond motifs is 1. The summed E-state index contributed by atoms with van der Waals surface area (Å²) in [5, 5.41) is 11.2. The second kappa shape index (κ2) is 9.32. The SMILES string of the molecule is Cc1oc2c(CN(Cc3ccccc3)[C@H]3CCS(=O)(=O)C3)c(O)ccc2c(=O)c1-c1ccccc1. The maximum Gasteiger partial charge on any atom is 0.200 e. The number of phenolic OH excluding ortho intramolecular Hbond substituents is 1. The van der Waals surface area contributed by atoms with E-state index >= 15 is 0 Å². The molecule has 35 heavy (non-hydrogen) atoms.